The van der Waals surface area contributed by atoms with Crippen molar-refractivity contribution in [1.29, 1.82) is 5.26 Å². The van der Waals surface area contributed by atoms with E-state index in [1.807, 2.05) is 24.3 Å². The van der Waals surface area contributed by atoms with Crippen molar-refractivity contribution in [3.8, 4) is 11.8 Å². The van der Waals surface area contributed by atoms with Gasteiger partial charge in [0.15, 0.2) is 0 Å². The van der Waals surface area contributed by atoms with Crippen molar-refractivity contribution in [2.75, 3.05) is 19.1 Å². The molecule has 33 heavy (non-hydrogen) atoms. The molecule has 1 saturated carbocycles. The molecule has 1 saturated heterocycles. The molecule has 1 aliphatic heterocycles. The van der Waals surface area contributed by atoms with Gasteiger partial charge in [-0.2, -0.15) is 18.4 Å². The number of anilines is 1. The van der Waals surface area contributed by atoms with Crippen molar-refractivity contribution in [1.82, 2.24) is 4.90 Å². The minimum atomic E-state index is -4.70. The van der Waals surface area contributed by atoms with E-state index in [0.717, 1.165) is 24.1 Å². The molecule has 2 amide bonds. The number of amides is 2. The van der Waals surface area contributed by atoms with Crippen LogP contribution in [0, 0.1) is 11.3 Å². The predicted molar refractivity (Wildman–Crippen MR) is 115 cm³/mol. The fraction of sp³-hybridized carbons (Fsp3) is 0.417. The molecule has 1 aliphatic carbocycles. The molecule has 0 N–H and O–H groups in total. The summed E-state index contributed by atoms with van der Waals surface area (Å²) in [6.45, 7) is 0.334. The van der Waals surface area contributed by atoms with Gasteiger partial charge < -0.3 is 14.4 Å². The third-order valence-corrected chi connectivity index (χ3v) is 6.47. The highest BCUT2D eigenvalue weighted by Gasteiger charge is 2.49. The summed E-state index contributed by atoms with van der Waals surface area (Å²) >= 11 is 0. The van der Waals surface area contributed by atoms with Crippen LogP contribution in [0.1, 0.15) is 36.0 Å². The SMILES string of the molecule is COc1ccc(CN2C(=O)N(c3ccc(C#N)c(C(F)(F)F)c3)C3CC(OC)CCC32)cc1. The maximum absolute atomic E-state index is 13.6. The molecule has 0 aromatic heterocycles. The third kappa shape index (κ3) is 4.35. The Bertz CT molecular complexity index is 1070. The smallest absolute Gasteiger partial charge is 0.417 e. The highest BCUT2D eigenvalue weighted by atomic mass is 19.4. The number of ether oxygens (including phenoxy) is 2. The summed E-state index contributed by atoms with van der Waals surface area (Å²) in [5.41, 5.74) is -0.479. The Morgan fingerprint density at radius 1 is 1.09 bits per heavy atom. The number of nitrogens with zero attached hydrogens (tertiary/aromatic N) is 3. The fourth-order valence-corrected chi connectivity index (χ4v) is 4.80. The van der Waals surface area contributed by atoms with Crippen LogP contribution in [0.25, 0.3) is 0 Å². The molecule has 1 heterocycles. The van der Waals surface area contributed by atoms with Crippen LogP contribution in [0.15, 0.2) is 42.5 Å². The number of nitriles is 1. The van der Waals surface area contributed by atoms with Crippen molar-refractivity contribution < 1.29 is 27.4 Å². The fourth-order valence-electron chi connectivity index (χ4n) is 4.80. The second kappa shape index (κ2) is 8.94. The lowest BCUT2D eigenvalue weighted by Crippen LogP contribution is -2.44. The first-order chi connectivity index (χ1) is 15.8. The second-order valence-electron chi connectivity index (χ2n) is 8.27. The van der Waals surface area contributed by atoms with E-state index in [0.29, 0.717) is 25.1 Å². The minimum Gasteiger partial charge on any atom is -0.497 e. The Labute approximate surface area is 190 Å². The van der Waals surface area contributed by atoms with Gasteiger partial charge in [0.2, 0.25) is 0 Å². The number of carbonyl (C=O) groups is 1. The number of methoxy groups -OCH3 is 2. The molecule has 2 aliphatic rings. The van der Waals surface area contributed by atoms with E-state index in [2.05, 4.69) is 0 Å². The van der Waals surface area contributed by atoms with Gasteiger partial charge in [0.1, 0.15) is 5.75 Å². The Kier molecular flexibility index (Phi) is 6.21. The van der Waals surface area contributed by atoms with Gasteiger partial charge in [0, 0.05) is 19.3 Å². The molecule has 3 atom stereocenters. The summed E-state index contributed by atoms with van der Waals surface area (Å²) in [5.74, 6) is 0.698. The van der Waals surface area contributed by atoms with Crippen LogP contribution in [0.3, 0.4) is 0 Å². The van der Waals surface area contributed by atoms with Crippen molar-refractivity contribution in [3.05, 3.63) is 59.2 Å². The summed E-state index contributed by atoms with van der Waals surface area (Å²) in [7, 11) is 3.17. The zero-order valence-corrected chi connectivity index (χ0v) is 18.3. The summed E-state index contributed by atoms with van der Waals surface area (Å²) in [5, 5.41) is 9.12. The molecule has 0 bridgehead atoms. The van der Waals surface area contributed by atoms with Gasteiger partial charge in [0.25, 0.3) is 0 Å². The predicted octanol–water partition coefficient (Wildman–Crippen LogP) is 4.96. The lowest BCUT2D eigenvalue weighted by atomic mass is 9.87. The van der Waals surface area contributed by atoms with E-state index in [9.17, 15) is 18.0 Å². The summed E-state index contributed by atoms with van der Waals surface area (Å²) in [6.07, 6.45) is -2.81. The Morgan fingerprint density at radius 3 is 2.42 bits per heavy atom. The molecular weight excluding hydrogens is 435 g/mol. The molecule has 6 nitrogen and oxygen atoms in total. The van der Waals surface area contributed by atoms with E-state index >= 15 is 0 Å². The van der Waals surface area contributed by atoms with Gasteiger partial charge in [-0.05, 0) is 55.2 Å². The number of carbonyl (C=O) groups excluding carboxylic acids is 1. The molecule has 2 aromatic rings. The molecule has 2 aromatic carbocycles. The molecule has 2 fully saturated rings. The van der Waals surface area contributed by atoms with Gasteiger partial charge in [0.05, 0.1) is 42.5 Å². The van der Waals surface area contributed by atoms with Crippen LogP contribution in [0.2, 0.25) is 0 Å². The highest BCUT2D eigenvalue weighted by Crippen LogP contribution is 2.41. The van der Waals surface area contributed by atoms with Gasteiger partial charge >= 0.3 is 12.2 Å². The number of hydrogen-bond acceptors (Lipinski definition) is 4. The van der Waals surface area contributed by atoms with Crippen LogP contribution < -0.4 is 9.64 Å². The van der Waals surface area contributed by atoms with Gasteiger partial charge in [-0.25, -0.2) is 4.79 Å². The van der Waals surface area contributed by atoms with Gasteiger partial charge in [-0.1, -0.05) is 12.1 Å². The number of halogens is 3. The van der Waals surface area contributed by atoms with E-state index in [1.165, 1.54) is 11.0 Å². The first-order valence-corrected chi connectivity index (χ1v) is 10.6. The molecule has 9 heteroatoms. The number of urea groups is 1. The van der Waals surface area contributed by atoms with Crippen LogP contribution >= 0.6 is 0 Å². The first kappa shape index (κ1) is 22.9. The summed E-state index contributed by atoms with van der Waals surface area (Å²) < 4.78 is 51.4. The summed E-state index contributed by atoms with van der Waals surface area (Å²) in [4.78, 5) is 16.7. The Morgan fingerprint density at radius 2 is 1.82 bits per heavy atom. The van der Waals surface area contributed by atoms with Crippen molar-refractivity contribution in [2.45, 2.75) is 50.2 Å². The monoisotopic (exact) mass is 459 g/mol. The van der Waals surface area contributed by atoms with Crippen LogP contribution in [0.4, 0.5) is 23.7 Å². The average molecular weight is 459 g/mol. The topological polar surface area (TPSA) is 65.8 Å². The third-order valence-electron chi connectivity index (χ3n) is 6.47. The molecule has 3 unspecified atom stereocenters. The Hall–Kier alpha value is -3.25. The first-order valence-electron chi connectivity index (χ1n) is 10.6. The van der Waals surface area contributed by atoms with E-state index < -0.39 is 17.3 Å². The van der Waals surface area contributed by atoms with Crippen molar-refractivity contribution in [2.24, 2.45) is 0 Å². The summed E-state index contributed by atoms with van der Waals surface area (Å²) in [6, 6.07) is 11.6. The number of benzene rings is 2. The quantitative estimate of drug-likeness (QED) is 0.634. The lowest BCUT2D eigenvalue weighted by molar-refractivity contribution is -0.137. The average Bonchev–Trinajstić information content (AvgIpc) is 3.08. The van der Waals surface area contributed by atoms with Crippen molar-refractivity contribution >= 4 is 11.7 Å². The van der Waals surface area contributed by atoms with Crippen LogP contribution in [0.5, 0.6) is 5.75 Å². The Balaban J connectivity index is 1.71. The number of fused-ring (bicyclic) bond motifs is 1. The maximum Gasteiger partial charge on any atom is 0.417 e. The number of rotatable bonds is 5. The molecule has 4 rings (SSSR count). The largest absolute Gasteiger partial charge is 0.497 e. The normalized spacial score (nSPS) is 22.8. The van der Waals surface area contributed by atoms with Gasteiger partial charge in [-0.15, -0.1) is 0 Å². The zero-order chi connectivity index (χ0) is 23.8. The highest BCUT2D eigenvalue weighted by molar-refractivity contribution is 5.96. The molecule has 0 radical (unpaired) electrons. The van der Waals surface area contributed by atoms with Crippen LogP contribution in [-0.4, -0.2) is 43.3 Å². The van der Waals surface area contributed by atoms with Gasteiger partial charge in [-0.3, -0.25) is 4.90 Å². The number of alkyl halides is 3. The van der Waals surface area contributed by atoms with Crippen molar-refractivity contribution in [3.63, 3.8) is 0 Å². The minimum absolute atomic E-state index is 0.0806. The van der Waals surface area contributed by atoms with E-state index in [-0.39, 0.29) is 29.9 Å². The molecular formula is C24H24F3N3O3. The zero-order valence-electron chi connectivity index (χ0n) is 18.3. The molecule has 174 valence electrons. The standard InChI is InChI=1S/C24H24F3N3O3/c1-32-18-7-3-15(4-8-18)14-29-21-10-9-19(33-2)12-22(21)30(23(29)31)17-6-5-16(13-28)20(11-17)24(25,26)27/h3-8,11,19,21-22H,9-10,12,14H2,1-2H3. The maximum atomic E-state index is 13.6. The second-order valence-corrected chi connectivity index (χ2v) is 8.27. The van der Waals surface area contributed by atoms with Crippen LogP contribution in [-0.2, 0) is 17.5 Å². The number of hydrogen-bond donors (Lipinski definition) is 0. The molecule has 0 spiro atoms. The van der Waals surface area contributed by atoms with E-state index in [4.69, 9.17) is 14.7 Å². The lowest BCUT2D eigenvalue weighted by Gasteiger charge is -2.35. The van der Waals surface area contributed by atoms with E-state index in [1.54, 1.807) is 25.2 Å².